The second kappa shape index (κ2) is 4.93. The predicted octanol–water partition coefficient (Wildman–Crippen LogP) is 2.55. The Balaban J connectivity index is 2.32. The van der Waals surface area contributed by atoms with Crippen LogP contribution in [0.5, 0.6) is 0 Å². The molecule has 0 fully saturated rings. The first-order valence-corrected chi connectivity index (χ1v) is 5.60. The van der Waals surface area contributed by atoms with Gasteiger partial charge in [0.2, 0.25) is 5.95 Å². The zero-order valence-electron chi connectivity index (χ0n) is 10.0. The molecule has 0 atom stereocenters. The monoisotopic (exact) mass is 228 g/mol. The minimum atomic E-state index is 0.426. The molecule has 4 heteroatoms. The van der Waals surface area contributed by atoms with E-state index in [0.29, 0.717) is 11.9 Å². The first-order valence-electron chi connectivity index (χ1n) is 5.60. The van der Waals surface area contributed by atoms with E-state index in [2.05, 4.69) is 53.5 Å². The number of aromatic nitrogens is 2. The Morgan fingerprint density at radius 1 is 1.12 bits per heavy atom. The third kappa shape index (κ3) is 2.60. The van der Waals surface area contributed by atoms with Gasteiger partial charge in [0.25, 0.3) is 0 Å². The van der Waals surface area contributed by atoms with E-state index in [-0.39, 0.29) is 0 Å². The predicted molar refractivity (Wildman–Crippen MR) is 69.4 cm³/mol. The smallest absolute Gasteiger partial charge is 0.237 e. The molecule has 0 bridgehead atoms. The number of nitrogens with one attached hydrogen (secondary N) is 1. The van der Waals surface area contributed by atoms with E-state index < -0.39 is 0 Å². The van der Waals surface area contributed by atoms with Gasteiger partial charge in [0.15, 0.2) is 0 Å². The van der Waals surface area contributed by atoms with Crippen LogP contribution in [0.25, 0.3) is 11.3 Å². The van der Waals surface area contributed by atoms with Crippen molar-refractivity contribution in [3.63, 3.8) is 0 Å². The highest BCUT2D eigenvalue weighted by Gasteiger charge is 2.03. The quantitative estimate of drug-likeness (QED) is 0.626. The average Bonchev–Trinajstić information content (AvgIpc) is 2.39. The van der Waals surface area contributed by atoms with E-state index in [1.165, 1.54) is 5.56 Å². The zero-order valence-corrected chi connectivity index (χ0v) is 10.0. The van der Waals surface area contributed by atoms with Gasteiger partial charge < -0.3 is 0 Å². The zero-order chi connectivity index (χ0) is 12.3. The van der Waals surface area contributed by atoms with Crippen molar-refractivity contribution in [2.24, 2.45) is 5.84 Å². The number of benzene rings is 1. The van der Waals surface area contributed by atoms with Gasteiger partial charge in [-0.1, -0.05) is 38.1 Å². The summed E-state index contributed by atoms with van der Waals surface area (Å²) in [7, 11) is 0. The van der Waals surface area contributed by atoms with Crippen LogP contribution < -0.4 is 11.3 Å². The Labute approximate surface area is 101 Å². The van der Waals surface area contributed by atoms with Gasteiger partial charge in [0.05, 0.1) is 5.69 Å². The van der Waals surface area contributed by atoms with Gasteiger partial charge in [-0.15, -0.1) is 0 Å². The summed E-state index contributed by atoms with van der Waals surface area (Å²) in [6.45, 7) is 4.35. The van der Waals surface area contributed by atoms with E-state index in [0.717, 1.165) is 11.3 Å². The van der Waals surface area contributed by atoms with Gasteiger partial charge in [-0.25, -0.2) is 15.8 Å². The maximum atomic E-state index is 5.29. The first kappa shape index (κ1) is 11.5. The van der Waals surface area contributed by atoms with Crippen LogP contribution in [0.4, 0.5) is 5.95 Å². The summed E-state index contributed by atoms with van der Waals surface area (Å²) in [4.78, 5) is 8.27. The fourth-order valence-corrected chi connectivity index (χ4v) is 1.63. The molecule has 0 radical (unpaired) electrons. The molecule has 0 aliphatic carbocycles. The van der Waals surface area contributed by atoms with E-state index >= 15 is 0 Å². The number of anilines is 1. The number of nitrogens with zero attached hydrogens (tertiary/aromatic N) is 2. The summed E-state index contributed by atoms with van der Waals surface area (Å²) >= 11 is 0. The van der Waals surface area contributed by atoms with E-state index in [1.54, 1.807) is 6.20 Å². The fraction of sp³-hybridized carbons (Fsp3) is 0.231. The highest BCUT2D eigenvalue weighted by molar-refractivity contribution is 5.60. The molecular weight excluding hydrogens is 212 g/mol. The third-order valence-electron chi connectivity index (χ3n) is 2.66. The molecule has 2 aromatic rings. The van der Waals surface area contributed by atoms with Gasteiger partial charge >= 0.3 is 0 Å². The van der Waals surface area contributed by atoms with Crippen molar-refractivity contribution >= 4 is 5.95 Å². The van der Waals surface area contributed by atoms with Crippen LogP contribution in [-0.4, -0.2) is 9.97 Å². The Morgan fingerprint density at radius 2 is 1.82 bits per heavy atom. The molecule has 0 unspecified atom stereocenters. The van der Waals surface area contributed by atoms with E-state index in [4.69, 9.17) is 5.84 Å². The summed E-state index contributed by atoms with van der Waals surface area (Å²) in [5.74, 6) is 6.25. The molecule has 2 rings (SSSR count). The highest BCUT2D eigenvalue weighted by Crippen LogP contribution is 2.21. The van der Waals surface area contributed by atoms with Crippen molar-refractivity contribution in [3.8, 4) is 11.3 Å². The maximum Gasteiger partial charge on any atom is 0.237 e. The third-order valence-corrected chi connectivity index (χ3v) is 2.66. The Morgan fingerprint density at radius 3 is 2.41 bits per heavy atom. The van der Waals surface area contributed by atoms with Crippen molar-refractivity contribution in [1.82, 2.24) is 9.97 Å². The van der Waals surface area contributed by atoms with Crippen LogP contribution in [-0.2, 0) is 0 Å². The minimum Gasteiger partial charge on any atom is -0.292 e. The standard InChI is InChI=1S/C13H16N4/c1-9(2)10-3-5-11(6-4-10)12-7-8-15-13(16-12)17-14/h3-9H,14H2,1-2H3,(H,15,16,17). The number of hydrogen-bond acceptors (Lipinski definition) is 4. The van der Waals surface area contributed by atoms with Gasteiger partial charge in [0.1, 0.15) is 0 Å². The summed E-state index contributed by atoms with van der Waals surface area (Å²) in [5.41, 5.74) is 5.69. The lowest BCUT2D eigenvalue weighted by molar-refractivity contribution is 0.867. The van der Waals surface area contributed by atoms with Crippen LogP contribution in [0, 0.1) is 0 Å². The lowest BCUT2D eigenvalue weighted by Gasteiger charge is -2.07. The summed E-state index contributed by atoms with van der Waals surface area (Å²) < 4.78 is 0. The van der Waals surface area contributed by atoms with Gasteiger partial charge in [-0.2, -0.15) is 0 Å². The molecule has 0 spiro atoms. The number of nitrogen functional groups attached to an aromatic ring is 1. The van der Waals surface area contributed by atoms with Gasteiger partial charge in [-0.05, 0) is 17.5 Å². The SMILES string of the molecule is CC(C)c1ccc(-c2ccnc(NN)n2)cc1. The lowest BCUT2D eigenvalue weighted by Crippen LogP contribution is -2.10. The van der Waals surface area contributed by atoms with Crippen LogP contribution in [0.3, 0.4) is 0 Å². The van der Waals surface area contributed by atoms with Crippen molar-refractivity contribution in [2.45, 2.75) is 19.8 Å². The molecule has 0 aliphatic heterocycles. The Kier molecular flexibility index (Phi) is 3.35. The second-order valence-electron chi connectivity index (χ2n) is 4.19. The molecule has 1 heterocycles. The highest BCUT2D eigenvalue weighted by atomic mass is 15.3. The molecule has 17 heavy (non-hydrogen) atoms. The van der Waals surface area contributed by atoms with Crippen LogP contribution in [0.2, 0.25) is 0 Å². The molecule has 4 nitrogen and oxygen atoms in total. The lowest BCUT2D eigenvalue weighted by atomic mass is 10.0. The molecule has 88 valence electrons. The molecule has 1 aromatic carbocycles. The fourth-order valence-electron chi connectivity index (χ4n) is 1.63. The topological polar surface area (TPSA) is 63.8 Å². The number of rotatable bonds is 3. The first-order chi connectivity index (χ1) is 8.20. The molecule has 0 amide bonds. The molecule has 0 saturated carbocycles. The van der Waals surface area contributed by atoms with Gasteiger partial charge in [0, 0.05) is 11.8 Å². The largest absolute Gasteiger partial charge is 0.292 e. The summed E-state index contributed by atoms with van der Waals surface area (Å²) in [5, 5.41) is 0. The molecule has 0 saturated heterocycles. The van der Waals surface area contributed by atoms with E-state index in [9.17, 15) is 0 Å². The maximum absolute atomic E-state index is 5.29. The number of nitrogens with two attached hydrogens (primary N) is 1. The van der Waals surface area contributed by atoms with E-state index in [1.807, 2.05) is 6.07 Å². The Bertz CT molecular complexity index is 491. The van der Waals surface area contributed by atoms with Crippen LogP contribution in [0.1, 0.15) is 25.3 Å². The molecule has 3 N–H and O–H groups in total. The number of hydrazine groups is 1. The number of hydrogen-bond donors (Lipinski definition) is 2. The van der Waals surface area contributed by atoms with Crippen molar-refractivity contribution < 1.29 is 0 Å². The normalized spacial score (nSPS) is 10.6. The van der Waals surface area contributed by atoms with Crippen LogP contribution in [0.15, 0.2) is 36.5 Å². The second-order valence-corrected chi connectivity index (χ2v) is 4.19. The van der Waals surface area contributed by atoms with Gasteiger partial charge in [-0.3, -0.25) is 5.43 Å². The molecule has 0 aliphatic rings. The summed E-state index contributed by atoms with van der Waals surface area (Å²) in [6.07, 6.45) is 1.69. The summed E-state index contributed by atoms with van der Waals surface area (Å²) in [6, 6.07) is 10.2. The molecule has 1 aromatic heterocycles. The molecular formula is C13H16N4. The van der Waals surface area contributed by atoms with Crippen LogP contribution >= 0.6 is 0 Å². The van der Waals surface area contributed by atoms with Crippen molar-refractivity contribution in [1.29, 1.82) is 0 Å². The minimum absolute atomic E-state index is 0.426. The van der Waals surface area contributed by atoms with Crippen molar-refractivity contribution in [3.05, 3.63) is 42.1 Å². The average molecular weight is 228 g/mol. The Hall–Kier alpha value is -1.94. The van der Waals surface area contributed by atoms with Crippen molar-refractivity contribution in [2.75, 3.05) is 5.43 Å².